The molecule has 0 bridgehead atoms. The second-order valence-corrected chi connectivity index (χ2v) is 5.33. The minimum absolute atomic E-state index is 0.0799. The second-order valence-electron chi connectivity index (χ2n) is 5.33. The van der Waals surface area contributed by atoms with Gasteiger partial charge in [-0.15, -0.1) is 6.58 Å². The Balaban J connectivity index is 2.59. The number of rotatable bonds is 10. The third-order valence-corrected chi connectivity index (χ3v) is 3.20. The van der Waals surface area contributed by atoms with Crippen LogP contribution in [0.3, 0.4) is 0 Å². The molecule has 1 aromatic carbocycles. The lowest BCUT2D eigenvalue weighted by Crippen LogP contribution is -2.45. The molecule has 0 saturated carbocycles. The number of ether oxygens (including phenoxy) is 1. The van der Waals surface area contributed by atoms with Gasteiger partial charge >= 0.3 is 5.97 Å². The van der Waals surface area contributed by atoms with Crippen LogP contribution in [0.1, 0.15) is 32.6 Å². The van der Waals surface area contributed by atoms with Gasteiger partial charge in [-0.3, -0.25) is 5.32 Å². The van der Waals surface area contributed by atoms with E-state index in [0.29, 0.717) is 5.75 Å². The van der Waals surface area contributed by atoms with E-state index in [2.05, 4.69) is 16.9 Å². The molecule has 1 aromatic rings. The van der Waals surface area contributed by atoms with Crippen molar-refractivity contribution in [3.05, 3.63) is 43.0 Å². The quantitative estimate of drug-likeness (QED) is 0.153. The van der Waals surface area contributed by atoms with Crippen molar-refractivity contribution in [1.29, 1.82) is 0 Å². The molecule has 126 valence electrons. The Bertz CT molecular complexity index is 513. The molecule has 6 heteroatoms. The van der Waals surface area contributed by atoms with E-state index in [4.69, 9.17) is 16.2 Å². The zero-order valence-corrected chi connectivity index (χ0v) is 13.6. The van der Waals surface area contributed by atoms with Gasteiger partial charge in [0, 0.05) is 6.04 Å². The van der Waals surface area contributed by atoms with Crippen LogP contribution in [0, 0.1) is 0 Å². The lowest BCUT2D eigenvalue weighted by Gasteiger charge is -2.19. The standard InChI is InChI=1S/C17H26N4O2/c1-3-4-5-7-10-13(2)20-15(21-17(18)19)16(22)23-14-11-8-6-9-12-14/h3,6,8-9,11-13,15,20H,1,4-5,7,10H2,2H3,(H4,18,19,21). The summed E-state index contributed by atoms with van der Waals surface area (Å²) in [4.78, 5) is 16.2. The first-order valence-electron chi connectivity index (χ1n) is 7.75. The van der Waals surface area contributed by atoms with Gasteiger partial charge in [-0.25, -0.2) is 9.79 Å². The molecule has 0 heterocycles. The molecule has 6 nitrogen and oxygen atoms in total. The highest BCUT2D eigenvalue weighted by Crippen LogP contribution is 2.11. The molecule has 0 radical (unpaired) electrons. The summed E-state index contributed by atoms with van der Waals surface area (Å²) in [6.07, 6.45) is 4.97. The number of allylic oxidation sites excluding steroid dienone is 1. The highest BCUT2D eigenvalue weighted by Gasteiger charge is 2.22. The molecule has 5 N–H and O–H groups in total. The van der Waals surface area contributed by atoms with Gasteiger partial charge in [0.15, 0.2) is 5.96 Å². The molecule has 0 fully saturated rings. The number of para-hydroxylation sites is 1. The Morgan fingerprint density at radius 3 is 2.65 bits per heavy atom. The predicted octanol–water partition coefficient (Wildman–Crippen LogP) is 1.92. The van der Waals surface area contributed by atoms with Crippen molar-refractivity contribution in [3.8, 4) is 5.75 Å². The summed E-state index contributed by atoms with van der Waals surface area (Å²) in [5.41, 5.74) is 10.8. The van der Waals surface area contributed by atoms with E-state index in [1.54, 1.807) is 24.3 Å². The fraction of sp³-hybridized carbons (Fsp3) is 0.412. The monoisotopic (exact) mass is 318 g/mol. The molecule has 0 aromatic heterocycles. The smallest absolute Gasteiger partial charge is 0.351 e. The number of carbonyl (C=O) groups excluding carboxylic acids is 1. The molecular weight excluding hydrogens is 292 g/mol. The van der Waals surface area contributed by atoms with E-state index in [-0.39, 0.29) is 12.0 Å². The van der Waals surface area contributed by atoms with Crippen LogP contribution >= 0.6 is 0 Å². The van der Waals surface area contributed by atoms with Crippen LogP contribution in [0.2, 0.25) is 0 Å². The lowest BCUT2D eigenvalue weighted by atomic mass is 10.1. The van der Waals surface area contributed by atoms with Crippen molar-refractivity contribution >= 4 is 11.9 Å². The van der Waals surface area contributed by atoms with Crippen LogP contribution in [-0.2, 0) is 4.79 Å². The van der Waals surface area contributed by atoms with E-state index >= 15 is 0 Å². The van der Waals surface area contributed by atoms with Crippen molar-refractivity contribution in [1.82, 2.24) is 5.32 Å². The summed E-state index contributed by atoms with van der Waals surface area (Å²) < 4.78 is 5.29. The summed E-state index contributed by atoms with van der Waals surface area (Å²) in [5.74, 6) is -0.248. The van der Waals surface area contributed by atoms with Crippen molar-refractivity contribution < 1.29 is 9.53 Å². The number of carbonyl (C=O) groups is 1. The minimum atomic E-state index is -0.922. The van der Waals surface area contributed by atoms with Crippen molar-refractivity contribution in [2.75, 3.05) is 0 Å². The molecule has 1 rings (SSSR count). The maximum Gasteiger partial charge on any atom is 0.351 e. The first-order chi connectivity index (χ1) is 11.0. The number of unbranched alkanes of at least 4 members (excludes halogenated alkanes) is 2. The van der Waals surface area contributed by atoms with Crippen LogP contribution in [0.5, 0.6) is 5.75 Å². The van der Waals surface area contributed by atoms with Gasteiger partial charge in [-0.1, -0.05) is 30.7 Å². The number of nitrogens with zero attached hydrogens (tertiary/aromatic N) is 1. The third-order valence-electron chi connectivity index (χ3n) is 3.20. The maximum atomic E-state index is 12.2. The van der Waals surface area contributed by atoms with Crippen LogP contribution in [0.4, 0.5) is 0 Å². The van der Waals surface area contributed by atoms with Gasteiger partial charge < -0.3 is 16.2 Å². The Morgan fingerprint density at radius 1 is 1.35 bits per heavy atom. The SMILES string of the molecule is C=CCCCCC(C)NC(N=C(N)N)C(=O)Oc1ccccc1. The molecule has 0 aliphatic heterocycles. The van der Waals surface area contributed by atoms with Crippen molar-refractivity contribution in [3.63, 3.8) is 0 Å². The highest BCUT2D eigenvalue weighted by atomic mass is 16.5. The van der Waals surface area contributed by atoms with Gasteiger partial charge in [0.1, 0.15) is 5.75 Å². The molecule has 0 amide bonds. The highest BCUT2D eigenvalue weighted by molar-refractivity contribution is 5.83. The number of guanidine groups is 1. The van der Waals surface area contributed by atoms with E-state index in [0.717, 1.165) is 25.7 Å². The van der Waals surface area contributed by atoms with E-state index in [1.165, 1.54) is 0 Å². The Morgan fingerprint density at radius 2 is 2.04 bits per heavy atom. The van der Waals surface area contributed by atoms with Crippen LogP contribution < -0.4 is 21.5 Å². The molecule has 0 aliphatic rings. The largest absolute Gasteiger partial charge is 0.424 e. The van der Waals surface area contributed by atoms with E-state index in [1.807, 2.05) is 19.1 Å². The Labute approximate surface area is 137 Å². The molecule has 23 heavy (non-hydrogen) atoms. The van der Waals surface area contributed by atoms with Gasteiger partial charge in [-0.05, 0) is 38.3 Å². The molecule has 0 spiro atoms. The number of benzene rings is 1. The van der Waals surface area contributed by atoms with Crippen molar-refractivity contribution in [2.45, 2.75) is 44.8 Å². The zero-order valence-electron chi connectivity index (χ0n) is 13.6. The Hall–Kier alpha value is -2.34. The van der Waals surface area contributed by atoms with E-state index < -0.39 is 12.1 Å². The fourth-order valence-electron chi connectivity index (χ4n) is 2.06. The summed E-state index contributed by atoms with van der Waals surface area (Å²) in [6, 6.07) is 8.89. The summed E-state index contributed by atoms with van der Waals surface area (Å²) in [5, 5.41) is 3.10. The molecule has 0 saturated heterocycles. The maximum absolute atomic E-state index is 12.2. The van der Waals surface area contributed by atoms with Crippen molar-refractivity contribution in [2.24, 2.45) is 16.5 Å². The van der Waals surface area contributed by atoms with E-state index in [9.17, 15) is 4.79 Å². The topological polar surface area (TPSA) is 103 Å². The van der Waals surface area contributed by atoms with Gasteiger partial charge in [0.25, 0.3) is 0 Å². The number of nitrogens with two attached hydrogens (primary N) is 2. The zero-order chi connectivity index (χ0) is 17.1. The molecule has 2 atom stereocenters. The average Bonchev–Trinajstić information content (AvgIpc) is 2.51. The third kappa shape index (κ3) is 8.01. The van der Waals surface area contributed by atoms with Gasteiger partial charge in [0.2, 0.25) is 6.17 Å². The number of nitrogens with one attached hydrogen (secondary N) is 1. The average molecular weight is 318 g/mol. The number of esters is 1. The number of aliphatic imine (C=N–C) groups is 1. The molecular formula is C17H26N4O2. The lowest BCUT2D eigenvalue weighted by molar-refractivity contribution is -0.136. The fourth-order valence-corrected chi connectivity index (χ4v) is 2.06. The van der Waals surface area contributed by atoms with Crippen LogP contribution in [0.15, 0.2) is 48.0 Å². The number of hydrogen-bond donors (Lipinski definition) is 3. The van der Waals surface area contributed by atoms with Crippen LogP contribution in [-0.4, -0.2) is 24.1 Å². The minimum Gasteiger partial charge on any atom is -0.424 e. The summed E-state index contributed by atoms with van der Waals surface area (Å²) >= 11 is 0. The predicted molar refractivity (Wildman–Crippen MR) is 92.9 cm³/mol. The molecule has 2 unspecified atom stereocenters. The normalized spacial score (nSPS) is 12.9. The van der Waals surface area contributed by atoms with Gasteiger partial charge in [-0.2, -0.15) is 0 Å². The Kier molecular flexibility index (Phi) is 8.46. The summed E-state index contributed by atoms with van der Waals surface area (Å²) in [7, 11) is 0. The van der Waals surface area contributed by atoms with Gasteiger partial charge in [0.05, 0.1) is 0 Å². The number of hydrogen-bond acceptors (Lipinski definition) is 4. The second kappa shape index (κ2) is 10.4. The first-order valence-corrected chi connectivity index (χ1v) is 7.75. The molecule has 0 aliphatic carbocycles. The first kappa shape index (κ1) is 18.7. The summed E-state index contributed by atoms with van der Waals surface area (Å²) in [6.45, 7) is 5.68. The van der Waals surface area contributed by atoms with Crippen LogP contribution in [0.25, 0.3) is 0 Å².